The maximum Gasteiger partial charge on any atom is 0.0207 e. The first-order valence-electron chi connectivity index (χ1n) is 6.21. The smallest absolute Gasteiger partial charge is 0.0207 e. The lowest BCUT2D eigenvalue weighted by molar-refractivity contribution is 0.0447. The predicted molar refractivity (Wildman–Crippen MR) is 64.7 cm³/mol. The SMILES string of the molecule is CC(C)(C)C1[C@@H](N)C[C@]2(C)CC[C@@]1(C)N2. The van der Waals surface area contributed by atoms with E-state index in [4.69, 9.17) is 5.73 Å². The Labute approximate surface area is 94.0 Å². The van der Waals surface area contributed by atoms with Crippen molar-refractivity contribution >= 4 is 0 Å². The van der Waals surface area contributed by atoms with Crippen LogP contribution in [0, 0.1) is 11.3 Å². The van der Waals surface area contributed by atoms with Crippen molar-refractivity contribution in [2.45, 2.75) is 71.0 Å². The maximum atomic E-state index is 6.42. The van der Waals surface area contributed by atoms with Gasteiger partial charge in [0, 0.05) is 17.1 Å². The first-order chi connectivity index (χ1) is 6.66. The van der Waals surface area contributed by atoms with Crippen LogP contribution < -0.4 is 11.1 Å². The Morgan fingerprint density at radius 1 is 1.20 bits per heavy atom. The van der Waals surface area contributed by atoms with Gasteiger partial charge in [-0.1, -0.05) is 20.8 Å². The summed E-state index contributed by atoms with van der Waals surface area (Å²) in [5.74, 6) is 0.584. The summed E-state index contributed by atoms with van der Waals surface area (Å²) in [4.78, 5) is 0. The lowest BCUT2D eigenvalue weighted by Gasteiger charge is -2.52. The normalized spacial score (nSPS) is 50.8. The van der Waals surface area contributed by atoms with Crippen molar-refractivity contribution in [1.82, 2.24) is 5.32 Å². The second-order valence-electron chi connectivity index (χ2n) is 7.31. The molecule has 2 heteroatoms. The van der Waals surface area contributed by atoms with Crippen LogP contribution in [0.1, 0.15) is 53.9 Å². The maximum absolute atomic E-state index is 6.42. The van der Waals surface area contributed by atoms with Crippen LogP contribution in [-0.4, -0.2) is 17.1 Å². The molecule has 2 nitrogen and oxygen atoms in total. The van der Waals surface area contributed by atoms with Gasteiger partial charge < -0.3 is 11.1 Å². The van der Waals surface area contributed by atoms with E-state index in [0.717, 1.165) is 6.42 Å². The summed E-state index contributed by atoms with van der Waals surface area (Å²) in [6.45, 7) is 11.7. The Kier molecular flexibility index (Phi) is 2.27. The Morgan fingerprint density at radius 2 is 1.80 bits per heavy atom. The predicted octanol–water partition coefficient (Wildman–Crippen LogP) is 2.28. The second kappa shape index (κ2) is 2.98. The molecule has 2 rings (SSSR count). The summed E-state index contributed by atoms with van der Waals surface area (Å²) in [5, 5.41) is 3.85. The molecule has 2 saturated heterocycles. The van der Waals surface area contributed by atoms with E-state index in [1.54, 1.807) is 0 Å². The molecule has 0 aromatic heterocycles. The van der Waals surface area contributed by atoms with Crippen LogP contribution >= 0.6 is 0 Å². The fourth-order valence-corrected chi connectivity index (χ4v) is 4.44. The Balaban J connectivity index is 2.33. The van der Waals surface area contributed by atoms with Crippen molar-refractivity contribution in [2.75, 3.05) is 0 Å². The van der Waals surface area contributed by atoms with Crippen LogP contribution in [0.3, 0.4) is 0 Å². The van der Waals surface area contributed by atoms with E-state index in [1.807, 2.05) is 0 Å². The monoisotopic (exact) mass is 210 g/mol. The number of rotatable bonds is 0. The summed E-state index contributed by atoms with van der Waals surface area (Å²) < 4.78 is 0. The summed E-state index contributed by atoms with van der Waals surface area (Å²) in [5.41, 5.74) is 7.27. The molecule has 2 bridgehead atoms. The zero-order chi connectivity index (χ0) is 11.5. The van der Waals surface area contributed by atoms with E-state index in [1.165, 1.54) is 12.8 Å². The quantitative estimate of drug-likeness (QED) is 0.644. The lowest BCUT2D eigenvalue weighted by atomic mass is 9.63. The van der Waals surface area contributed by atoms with E-state index in [9.17, 15) is 0 Å². The van der Waals surface area contributed by atoms with E-state index < -0.39 is 0 Å². The molecule has 2 heterocycles. The molecule has 2 aliphatic heterocycles. The largest absolute Gasteiger partial charge is 0.327 e. The van der Waals surface area contributed by atoms with Crippen molar-refractivity contribution in [3.63, 3.8) is 0 Å². The van der Waals surface area contributed by atoms with Crippen molar-refractivity contribution in [2.24, 2.45) is 17.1 Å². The van der Waals surface area contributed by atoms with Crippen molar-refractivity contribution in [1.29, 1.82) is 0 Å². The van der Waals surface area contributed by atoms with Gasteiger partial charge in [0.2, 0.25) is 0 Å². The van der Waals surface area contributed by atoms with Gasteiger partial charge in [-0.2, -0.15) is 0 Å². The first kappa shape index (κ1) is 11.4. The van der Waals surface area contributed by atoms with Gasteiger partial charge in [-0.25, -0.2) is 0 Å². The number of nitrogens with one attached hydrogen (secondary N) is 1. The fraction of sp³-hybridized carbons (Fsp3) is 1.00. The molecule has 0 aromatic rings. The molecule has 0 spiro atoms. The van der Waals surface area contributed by atoms with Crippen molar-refractivity contribution in [3.05, 3.63) is 0 Å². The summed E-state index contributed by atoms with van der Waals surface area (Å²) in [7, 11) is 0. The number of piperidine rings is 1. The van der Waals surface area contributed by atoms with Crippen LogP contribution in [-0.2, 0) is 0 Å². The number of fused-ring (bicyclic) bond motifs is 2. The zero-order valence-corrected chi connectivity index (χ0v) is 10.9. The first-order valence-corrected chi connectivity index (χ1v) is 6.21. The molecular formula is C13H26N2. The van der Waals surface area contributed by atoms with Crippen LogP contribution in [0.25, 0.3) is 0 Å². The van der Waals surface area contributed by atoms with Gasteiger partial charge in [0.05, 0.1) is 0 Å². The number of hydrogen-bond donors (Lipinski definition) is 2. The average molecular weight is 210 g/mol. The molecule has 0 aliphatic carbocycles. The molecule has 2 fully saturated rings. The average Bonchev–Trinajstić information content (AvgIpc) is 2.18. The van der Waals surface area contributed by atoms with Gasteiger partial charge in [-0.15, -0.1) is 0 Å². The third-order valence-corrected chi connectivity index (χ3v) is 4.52. The number of nitrogens with two attached hydrogens (primary N) is 1. The highest BCUT2D eigenvalue weighted by molar-refractivity contribution is 5.15. The minimum Gasteiger partial charge on any atom is -0.327 e. The van der Waals surface area contributed by atoms with Gasteiger partial charge in [-0.05, 0) is 44.4 Å². The standard InChI is InChI=1S/C13H26N2/c1-11(2,3)10-9(14)8-12(4)6-7-13(10,5)15-12/h9-10,15H,6-8,14H2,1-5H3/t9-,10?,12-,13+/m0/s1. The van der Waals surface area contributed by atoms with E-state index in [2.05, 4.69) is 39.9 Å². The Morgan fingerprint density at radius 3 is 2.33 bits per heavy atom. The lowest BCUT2D eigenvalue weighted by Crippen LogP contribution is -2.66. The van der Waals surface area contributed by atoms with Crippen LogP contribution in [0.15, 0.2) is 0 Å². The molecule has 0 aromatic carbocycles. The van der Waals surface area contributed by atoms with Gasteiger partial charge in [0.25, 0.3) is 0 Å². The Hall–Kier alpha value is -0.0800. The molecule has 0 radical (unpaired) electrons. The topological polar surface area (TPSA) is 38.0 Å². The van der Waals surface area contributed by atoms with Crippen molar-refractivity contribution in [3.8, 4) is 0 Å². The summed E-state index contributed by atoms with van der Waals surface area (Å²) in [6, 6.07) is 0.351. The minimum absolute atomic E-state index is 0.255. The van der Waals surface area contributed by atoms with E-state index >= 15 is 0 Å². The third kappa shape index (κ3) is 1.72. The fourth-order valence-electron chi connectivity index (χ4n) is 4.44. The highest BCUT2D eigenvalue weighted by Crippen LogP contribution is 2.50. The molecule has 88 valence electrons. The van der Waals surface area contributed by atoms with Crippen LogP contribution in [0.4, 0.5) is 0 Å². The van der Waals surface area contributed by atoms with Gasteiger partial charge >= 0.3 is 0 Å². The second-order valence-corrected chi connectivity index (χ2v) is 7.31. The van der Waals surface area contributed by atoms with Crippen molar-refractivity contribution < 1.29 is 0 Å². The minimum atomic E-state index is 0.255. The molecule has 2 aliphatic rings. The molecule has 3 N–H and O–H groups in total. The zero-order valence-electron chi connectivity index (χ0n) is 10.9. The Bertz CT molecular complexity index is 268. The molecule has 4 atom stereocenters. The van der Waals surface area contributed by atoms with Crippen LogP contribution in [0.2, 0.25) is 0 Å². The highest BCUT2D eigenvalue weighted by atomic mass is 15.1. The molecule has 15 heavy (non-hydrogen) atoms. The van der Waals surface area contributed by atoms with Gasteiger partial charge in [-0.3, -0.25) is 0 Å². The highest BCUT2D eigenvalue weighted by Gasteiger charge is 2.56. The van der Waals surface area contributed by atoms with E-state index in [0.29, 0.717) is 22.9 Å². The molecule has 0 saturated carbocycles. The van der Waals surface area contributed by atoms with E-state index in [-0.39, 0.29) is 5.54 Å². The third-order valence-electron chi connectivity index (χ3n) is 4.52. The molecule has 0 amide bonds. The summed E-state index contributed by atoms with van der Waals surface area (Å²) in [6.07, 6.45) is 3.69. The van der Waals surface area contributed by atoms with Crippen LogP contribution in [0.5, 0.6) is 0 Å². The summed E-state index contributed by atoms with van der Waals surface area (Å²) >= 11 is 0. The number of hydrogen-bond acceptors (Lipinski definition) is 2. The van der Waals surface area contributed by atoms with Gasteiger partial charge in [0.15, 0.2) is 0 Å². The van der Waals surface area contributed by atoms with Gasteiger partial charge in [0.1, 0.15) is 0 Å². The molecule has 1 unspecified atom stereocenters. The molecular weight excluding hydrogens is 184 g/mol.